The van der Waals surface area contributed by atoms with E-state index in [1.54, 1.807) is 6.20 Å². The molecule has 0 bridgehead atoms. The zero-order chi connectivity index (χ0) is 16.2. The summed E-state index contributed by atoms with van der Waals surface area (Å²) in [5.41, 5.74) is 1.01. The fraction of sp³-hybridized carbons (Fsp3) is 0.353. The summed E-state index contributed by atoms with van der Waals surface area (Å²) in [5.74, 6) is 2.92. The van der Waals surface area contributed by atoms with Crippen molar-refractivity contribution in [1.82, 2.24) is 20.4 Å². The van der Waals surface area contributed by atoms with Crippen LogP contribution in [0.25, 0.3) is 11.3 Å². The Morgan fingerprint density at radius 2 is 1.96 bits per heavy atom. The molecule has 1 atom stereocenters. The largest absolute Gasteiger partial charge is 0.439 e. The first kappa shape index (κ1) is 15.4. The van der Waals surface area contributed by atoms with Crippen molar-refractivity contribution in [1.29, 1.82) is 0 Å². The summed E-state index contributed by atoms with van der Waals surface area (Å²) in [5, 5.41) is 7.23. The van der Waals surface area contributed by atoms with Crippen molar-refractivity contribution in [2.45, 2.75) is 33.4 Å². The molecule has 0 aliphatic rings. The average molecular weight is 312 g/mol. The van der Waals surface area contributed by atoms with Crippen LogP contribution in [-0.4, -0.2) is 15.1 Å². The van der Waals surface area contributed by atoms with Gasteiger partial charge in [0.25, 0.3) is 0 Å². The predicted octanol–water partition coefficient (Wildman–Crippen LogP) is 3.52. The summed E-state index contributed by atoms with van der Waals surface area (Å²) in [4.78, 5) is 8.63. The predicted molar refractivity (Wildman–Crippen MR) is 85.4 cm³/mol. The maximum Gasteiger partial charge on any atom is 0.244 e. The van der Waals surface area contributed by atoms with Gasteiger partial charge in [-0.05, 0) is 12.8 Å². The van der Waals surface area contributed by atoms with Crippen molar-refractivity contribution in [2.75, 3.05) is 0 Å². The molecule has 6 nitrogen and oxygen atoms in total. The Balaban J connectivity index is 1.68. The number of aromatic nitrogens is 3. The van der Waals surface area contributed by atoms with Crippen LogP contribution in [0.15, 0.2) is 45.5 Å². The molecule has 6 heteroatoms. The molecule has 0 saturated heterocycles. The molecule has 0 aliphatic heterocycles. The molecular weight excluding hydrogens is 292 g/mol. The summed E-state index contributed by atoms with van der Waals surface area (Å²) in [6, 6.07) is 9.88. The van der Waals surface area contributed by atoms with E-state index in [1.807, 2.05) is 37.3 Å². The highest BCUT2D eigenvalue weighted by atomic mass is 16.5. The summed E-state index contributed by atoms with van der Waals surface area (Å²) in [6.07, 6.45) is 1.74. The van der Waals surface area contributed by atoms with Crippen molar-refractivity contribution in [3.8, 4) is 11.3 Å². The number of hydrogen-bond acceptors (Lipinski definition) is 6. The minimum atomic E-state index is -0.0386. The molecule has 1 N–H and O–H groups in total. The fourth-order valence-corrected chi connectivity index (χ4v) is 2.37. The molecule has 3 rings (SSSR count). The van der Waals surface area contributed by atoms with E-state index in [-0.39, 0.29) is 6.04 Å². The maximum absolute atomic E-state index is 5.80. The quantitative estimate of drug-likeness (QED) is 0.750. The molecule has 0 fully saturated rings. The summed E-state index contributed by atoms with van der Waals surface area (Å²) < 4.78 is 11.1. The topological polar surface area (TPSA) is 77.0 Å². The third-order valence-corrected chi connectivity index (χ3v) is 3.56. The van der Waals surface area contributed by atoms with Crippen LogP contribution in [0.1, 0.15) is 37.5 Å². The molecule has 2 heterocycles. The third-order valence-electron chi connectivity index (χ3n) is 3.56. The second-order valence-electron chi connectivity index (χ2n) is 5.77. The Morgan fingerprint density at radius 3 is 2.61 bits per heavy atom. The molecular formula is C17H20N4O2. The van der Waals surface area contributed by atoms with Gasteiger partial charge in [0.05, 0.1) is 18.8 Å². The van der Waals surface area contributed by atoms with Gasteiger partial charge in [-0.25, -0.2) is 4.98 Å². The molecule has 0 unspecified atom stereocenters. The van der Waals surface area contributed by atoms with Gasteiger partial charge in [0, 0.05) is 5.56 Å². The van der Waals surface area contributed by atoms with E-state index >= 15 is 0 Å². The SMILES string of the molecule is Cc1noc([C@@H](NCc2ncc(-c3ccccc3)o2)C(C)C)n1. The van der Waals surface area contributed by atoms with E-state index in [0.717, 1.165) is 11.3 Å². The normalized spacial score (nSPS) is 12.7. The highest BCUT2D eigenvalue weighted by molar-refractivity contribution is 5.55. The van der Waals surface area contributed by atoms with Crippen LogP contribution >= 0.6 is 0 Å². The van der Waals surface area contributed by atoms with Gasteiger partial charge in [-0.1, -0.05) is 49.3 Å². The van der Waals surface area contributed by atoms with Crippen LogP contribution in [0, 0.1) is 12.8 Å². The van der Waals surface area contributed by atoms with Gasteiger partial charge in [0.15, 0.2) is 11.6 Å². The molecule has 23 heavy (non-hydrogen) atoms. The second-order valence-corrected chi connectivity index (χ2v) is 5.77. The highest BCUT2D eigenvalue weighted by Crippen LogP contribution is 2.22. The third kappa shape index (κ3) is 3.65. The molecule has 1 aromatic carbocycles. The van der Waals surface area contributed by atoms with Gasteiger partial charge in [0.1, 0.15) is 0 Å². The zero-order valence-electron chi connectivity index (χ0n) is 13.5. The zero-order valence-corrected chi connectivity index (χ0v) is 13.5. The van der Waals surface area contributed by atoms with E-state index in [1.165, 1.54) is 0 Å². The Morgan fingerprint density at radius 1 is 1.17 bits per heavy atom. The Hall–Kier alpha value is -2.47. The monoisotopic (exact) mass is 312 g/mol. The lowest BCUT2D eigenvalue weighted by molar-refractivity contribution is 0.280. The smallest absolute Gasteiger partial charge is 0.244 e. The highest BCUT2D eigenvalue weighted by Gasteiger charge is 2.22. The van der Waals surface area contributed by atoms with E-state index < -0.39 is 0 Å². The second kappa shape index (κ2) is 6.75. The van der Waals surface area contributed by atoms with E-state index in [2.05, 4.69) is 34.3 Å². The van der Waals surface area contributed by atoms with Crippen molar-refractivity contribution in [3.05, 3.63) is 54.1 Å². The lowest BCUT2D eigenvalue weighted by atomic mass is 10.0. The minimum Gasteiger partial charge on any atom is -0.439 e. The van der Waals surface area contributed by atoms with E-state index in [0.29, 0.717) is 30.1 Å². The Labute approximate surface area is 134 Å². The molecule has 120 valence electrons. The van der Waals surface area contributed by atoms with Gasteiger partial charge in [0.2, 0.25) is 11.8 Å². The van der Waals surface area contributed by atoms with Crippen molar-refractivity contribution in [3.63, 3.8) is 0 Å². The number of hydrogen-bond donors (Lipinski definition) is 1. The average Bonchev–Trinajstić information content (AvgIpc) is 3.18. The van der Waals surface area contributed by atoms with Crippen molar-refractivity contribution < 1.29 is 8.94 Å². The molecule has 0 spiro atoms. The van der Waals surface area contributed by atoms with Gasteiger partial charge in [-0.2, -0.15) is 4.98 Å². The summed E-state index contributed by atoms with van der Waals surface area (Å²) in [7, 11) is 0. The number of rotatable bonds is 6. The lowest BCUT2D eigenvalue weighted by Gasteiger charge is -2.17. The van der Waals surface area contributed by atoms with Crippen LogP contribution in [0.5, 0.6) is 0 Å². The number of oxazole rings is 1. The number of nitrogens with one attached hydrogen (secondary N) is 1. The number of nitrogens with zero attached hydrogens (tertiary/aromatic N) is 3. The molecule has 0 saturated carbocycles. The Kier molecular flexibility index (Phi) is 4.52. The molecule has 0 radical (unpaired) electrons. The van der Waals surface area contributed by atoms with E-state index in [9.17, 15) is 0 Å². The van der Waals surface area contributed by atoms with Gasteiger partial charge in [-0.15, -0.1) is 0 Å². The molecule has 0 amide bonds. The van der Waals surface area contributed by atoms with E-state index in [4.69, 9.17) is 8.94 Å². The first-order valence-electron chi connectivity index (χ1n) is 7.67. The molecule has 2 aromatic heterocycles. The molecule has 3 aromatic rings. The van der Waals surface area contributed by atoms with Gasteiger partial charge >= 0.3 is 0 Å². The maximum atomic E-state index is 5.80. The Bertz CT molecular complexity index is 749. The molecule has 0 aliphatic carbocycles. The van der Waals surface area contributed by atoms with Crippen LogP contribution in [0.3, 0.4) is 0 Å². The van der Waals surface area contributed by atoms with Crippen LogP contribution < -0.4 is 5.32 Å². The van der Waals surface area contributed by atoms with Crippen LogP contribution in [0.2, 0.25) is 0 Å². The van der Waals surface area contributed by atoms with Gasteiger partial charge in [-0.3, -0.25) is 5.32 Å². The lowest BCUT2D eigenvalue weighted by Crippen LogP contribution is -2.25. The fourth-order valence-electron chi connectivity index (χ4n) is 2.37. The first-order valence-corrected chi connectivity index (χ1v) is 7.67. The standard InChI is InChI=1S/C17H20N4O2/c1-11(2)16(17-20-12(3)21-23-17)19-10-15-18-9-14(22-15)13-7-5-4-6-8-13/h4-9,11,16,19H,10H2,1-3H3/t16-/m0/s1. The van der Waals surface area contributed by atoms with Crippen molar-refractivity contribution >= 4 is 0 Å². The van der Waals surface area contributed by atoms with Gasteiger partial charge < -0.3 is 8.94 Å². The van der Waals surface area contributed by atoms with Crippen LogP contribution in [0.4, 0.5) is 0 Å². The first-order chi connectivity index (χ1) is 11.1. The number of aryl methyl sites for hydroxylation is 1. The number of benzene rings is 1. The minimum absolute atomic E-state index is 0.0386. The summed E-state index contributed by atoms with van der Waals surface area (Å²) >= 11 is 0. The van der Waals surface area contributed by atoms with Crippen LogP contribution in [-0.2, 0) is 6.54 Å². The van der Waals surface area contributed by atoms with Crippen molar-refractivity contribution in [2.24, 2.45) is 5.92 Å². The summed E-state index contributed by atoms with van der Waals surface area (Å²) in [6.45, 7) is 6.51.